The van der Waals surface area contributed by atoms with Crippen molar-refractivity contribution in [2.24, 2.45) is 0 Å². The van der Waals surface area contributed by atoms with Gasteiger partial charge >= 0.3 is 0 Å². The third-order valence-corrected chi connectivity index (χ3v) is 3.57. The SMILES string of the molecule is COc1ccc(NC(C)=O)cc1NC(=O)Cc1noc2ccccc12. The Morgan fingerprint density at radius 3 is 2.72 bits per heavy atom. The maximum Gasteiger partial charge on any atom is 0.230 e. The summed E-state index contributed by atoms with van der Waals surface area (Å²) in [5.41, 5.74) is 2.22. The molecule has 2 N–H and O–H groups in total. The molecule has 7 heteroatoms. The van der Waals surface area contributed by atoms with E-state index in [4.69, 9.17) is 9.26 Å². The number of methoxy groups -OCH3 is 1. The van der Waals surface area contributed by atoms with E-state index in [1.165, 1.54) is 14.0 Å². The van der Waals surface area contributed by atoms with Crippen LogP contribution in [-0.4, -0.2) is 24.1 Å². The van der Waals surface area contributed by atoms with E-state index in [1.54, 1.807) is 24.3 Å². The number of anilines is 2. The zero-order valence-corrected chi connectivity index (χ0v) is 13.8. The van der Waals surface area contributed by atoms with Crippen molar-refractivity contribution in [2.45, 2.75) is 13.3 Å². The van der Waals surface area contributed by atoms with Crippen LogP contribution >= 0.6 is 0 Å². The molecule has 1 aromatic heterocycles. The maximum absolute atomic E-state index is 12.4. The second-order valence-corrected chi connectivity index (χ2v) is 5.45. The number of fused-ring (bicyclic) bond motifs is 1. The highest BCUT2D eigenvalue weighted by Gasteiger charge is 2.14. The molecule has 128 valence electrons. The van der Waals surface area contributed by atoms with Crippen molar-refractivity contribution in [3.63, 3.8) is 0 Å². The summed E-state index contributed by atoms with van der Waals surface area (Å²) in [7, 11) is 1.51. The van der Waals surface area contributed by atoms with Crippen LogP contribution in [0.15, 0.2) is 47.0 Å². The predicted octanol–water partition coefficient (Wildman–Crippen LogP) is 2.98. The highest BCUT2D eigenvalue weighted by atomic mass is 16.5. The monoisotopic (exact) mass is 339 g/mol. The van der Waals surface area contributed by atoms with Crippen LogP contribution in [0, 0.1) is 0 Å². The molecule has 7 nitrogen and oxygen atoms in total. The molecule has 0 aliphatic rings. The Balaban J connectivity index is 1.79. The van der Waals surface area contributed by atoms with Crippen LogP contribution in [-0.2, 0) is 16.0 Å². The number of nitrogens with one attached hydrogen (secondary N) is 2. The van der Waals surface area contributed by atoms with E-state index in [9.17, 15) is 9.59 Å². The smallest absolute Gasteiger partial charge is 0.230 e. The third kappa shape index (κ3) is 3.77. The van der Waals surface area contributed by atoms with Crippen molar-refractivity contribution in [1.82, 2.24) is 5.16 Å². The number of aromatic nitrogens is 1. The number of amides is 2. The molecule has 0 bridgehead atoms. The molecule has 2 aromatic carbocycles. The van der Waals surface area contributed by atoms with Gasteiger partial charge in [0.15, 0.2) is 5.58 Å². The molecule has 0 saturated carbocycles. The van der Waals surface area contributed by atoms with Gasteiger partial charge in [0.05, 0.1) is 19.2 Å². The zero-order chi connectivity index (χ0) is 17.8. The number of hydrogen-bond donors (Lipinski definition) is 2. The molecule has 0 aliphatic carbocycles. The van der Waals surface area contributed by atoms with Crippen molar-refractivity contribution < 1.29 is 18.8 Å². The zero-order valence-electron chi connectivity index (χ0n) is 13.8. The van der Waals surface area contributed by atoms with Crippen LogP contribution in [0.3, 0.4) is 0 Å². The average Bonchev–Trinajstić information content (AvgIpc) is 2.98. The normalized spacial score (nSPS) is 10.5. The first-order valence-corrected chi connectivity index (χ1v) is 7.65. The summed E-state index contributed by atoms with van der Waals surface area (Å²) in [6.07, 6.45) is 0.0601. The Bertz CT molecular complexity index is 933. The van der Waals surface area contributed by atoms with Crippen LogP contribution in [0.5, 0.6) is 5.75 Å². The summed E-state index contributed by atoms with van der Waals surface area (Å²) < 4.78 is 10.5. The van der Waals surface area contributed by atoms with Gasteiger partial charge in [0, 0.05) is 18.0 Å². The van der Waals surface area contributed by atoms with Crippen molar-refractivity contribution in [3.05, 3.63) is 48.2 Å². The van der Waals surface area contributed by atoms with Crippen molar-refractivity contribution in [1.29, 1.82) is 0 Å². The lowest BCUT2D eigenvalue weighted by molar-refractivity contribution is -0.116. The minimum Gasteiger partial charge on any atom is -0.495 e. The van der Waals surface area contributed by atoms with E-state index in [-0.39, 0.29) is 18.2 Å². The summed E-state index contributed by atoms with van der Waals surface area (Å²) >= 11 is 0. The van der Waals surface area contributed by atoms with Crippen LogP contribution in [0.1, 0.15) is 12.6 Å². The Morgan fingerprint density at radius 2 is 1.96 bits per heavy atom. The number of nitrogens with zero attached hydrogens (tertiary/aromatic N) is 1. The van der Waals surface area contributed by atoms with E-state index in [2.05, 4.69) is 15.8 Å². The van der Waals surface area contributed by atoms with Gasteiger partial charge in [0.2, 0.25) is 11.8 Å². The highest BCUT2D eigenvalue weighted by Crippen LogP contribution is 2.28. The summed E-state index contributed by atoms with van der Waals surface area (Å²) in [4.78, 5) is 23.6. The number of carbonyl (C=O) groups is 2. The van der Waals surface area contributed by atoms with E-state index >= 15 is 0 Å². The molecule has 0 fully saturated rings. The molecule has 0 saturated heterocycles. The fourth-order valence-corrected chi connectivity index (χ4v) is 2.50. The van der Waals surface area contributed by atoms with Gasteiger partial charge in [-0.15, -0.1) is 0 Å². The third-order valence-electron chi connectivity index (χ3n) is 3.57. The molecule has 1 heterocycles. The fourth-order valence-electron chi connectivity index (χ4n) is 2.50. The van der Waals surface area contributed by atoms with Crippen molar-refractivity contribution in [3.8, 4) is 5.75 Å². The number of hydrogen-bond acceptors (Lipinski definition) is 5. The first kappa shape index (κ1) is 16.5. The van der Waals surface area contributed by atoms with Crippen molar-refractivity contribution in [2.75, 3.05) is 17.7 Å². The van der Waals surface area contributed by atoms with E-state index in [0.717, 1.165) is 5.39 Å². The van der Waals surface area contributed by atoms with Crippen LogP contribution < -0.4 is 15.4 Å². The number of para-hydroxylation sites is 1. The van der Waals surface area contributed by atoms with Gasteiger partial charge < -0.3 is 19.9 Å². The second-order valence-electron chi connectivity index (χ2n) is 5.45. The van der Waals surface area contributed by atoms with Crippen LogP contribution in [0.4, 0.5) is 11.4 Å². The topological polar surface area (TPSA) is 93.5 Å². The summed E-state index contributed by atoms with van der Waals surface area (Å²) in [6.45, 7) is 1.41. The fraction of sp³-hybridized carbons (Fsp3) is 0.167. The van der Waals surface area contributed by atoms with Gasteiger partial charge in [0.1, 0.15) is 11.4 Å². The largest absolute Gasteiger partial charge is 0.495 e. The molecular weight excluding hydrogens is 322 g/mol. The van der Waals surface area contributed by atoms with Crippen LogP contribution in [0.25, 0.3) is 11.0 Å². The molecule has 25 heavy (non-hydrogen) atoms. The van der Waals surface area contributed by atoms with Gasteiger partial charge in [-0.2, -0.15) is 0 Å². The van der Waals surface area contributed by atoms with E-state index < -0.39 is 0 Å². The average molecular weight is 339 g/mol. The number of benzene rings is 2. The lowest BCUT2D eigenvalue weighted by atomic mass is 10.1. The Labute approximate surface area is 143 Å². The molecule has 0 spiro atoms. The standard InChI is InChI=1S/C18H17N3O4/c1-11(22)19-12-7-8-17(24-2)15(9-12)20-18(23)10-14-13-5-3-4-6-16(13)25-21-14/h3-9H,10H2,1-2H3,(H,19,22)(H,20,23). The van der Waals surface area contributed by atoms with E-state index in [1.807, 2.05) is 18.2 Å². The molecular formula is C18H17N3O4. The number of ether oxygens (including phenoxy) is 1. The molecule has 0 atom stereocenters. The quantitative estimate of drug-likeness (QED) is 0.745. The number of carbonyl (C=O) groups excluding carboxylic acids is 2. The Hall–Kier alpha value is -3.35. The molecule has 3 aromatic rings. The van der Waals surface area contributed by atoms with Gasteiger partial charge in [-0.1, -0.05) is 17.3 Å². The lowest BCUT2D eigenvalue weighted by Crippen LogP contribution is -2.16. The summed E-state index contributed by atoms with van der Waals surface area (Å²) in [6, 6.07) is 12.4. The van der Waals surface area contributed by atoms with Gasteiger partial charge in [-0.25, -0.2) is 0 Å². The number of rotatable bonds is 5. The van der Waals surface area contributed by atoms with Gasteiger partial charge in [-0.05, 0) is 30.3 Å². The lowest BCUT2D eigenvalue weighted by Gasteiger charge is -2.12. The second kappa shape index (κ2) is 7.04. The summed E-state index contributed by atoms with van der Waals surface area (Å²) in [5, 5.41) is 10.2. The Morgan fingerprint density at radius 1 is 1.16 bits per heavy atom. The first-order valence-electron chi connectivity index (χ1n) is 7.65. The Kier molecular flexibility index (Phi) is 4.65. The minimum atomic E-state index is -0.266. The van der Waals surface area contributed by atoms with Crippen LogP contribution in [0.2, 0.25) is 0 Å². The first-order chi connectivity index (χ1) is 12.1. The molecule has 0 aliphatic heterocycles. The maximum atomic E-state index is 12.4. The minimum absolute atomic E-state index is 0.0601. The van der Waals surface area contributed by atoms with E-state index in [0.29, 0.717) is 28.4 Å². The molecule has 2 amide bonds. The summed E-state index contributed by atoms with van der Waals surface area (Å²) in [5.74, 6) is 0.0290. The molecule has 0 unspecified atom stereocenters. The highest BCUT2D eigenvalue weighted by molar-refractivity contribution is 5.97. The molecule has 0 radical (unpaired) electrons. The molecule has 3 rings (SSSR count). The van der Waals surface area contributed by atoms with Crippen molar-refractivity contribution >= 4 is 34.2 Å². The predicted molar refractivity (Wildman–Crippen MR) is 93.6 cm³/mol. The van der Waals surface area contributed by atoms with Gasteiger partial charge in [0.25, 0.3) is 0 Å². The van der Waals surface area contributed by atoms with Gasteiger partial charge in [-0.3, -0.25) is 9.59 Å².